The number of ether oxygens (including phenoxy) is 5. The number of carbonyl (C=O) groups is 1. The highest BCUT2D eigenvalue weighted by molar-refractivity contribution is 7.48. The van der Waals surface area contributed by atoms with Crippen molar-refractivity contribution in [3.63, 3.8) is 0 Å². The summed E-state index contributed by atoms with van der Waals surface area (Å²) in [5.41, 5.74) is 3.32. The number of carbonyl (C=O) groups excluding carboxylic acids is 1. The molecule has 0 radical (unpaired) electrons. The normalized spacial score (nSPS) is 19.9. The maximum atomic E-state index is 14.8. The number of benzene rings is 5. The number of phosphoric ester groups is 1. The molecule has 0 saturated carbocycles. The molecular formula is C46H51O10P. The Morgan fingerprint density at radius 3 is 1.35 bits per heavy atom. The zero-order valence-electron chi connectivity index (χ0n) is 32.6. The van der Waals surface area contributed by atoms with E-state index in [1.807, 2.05) is 152 Å². The van der Waals surface area contributed by atoms with Crippen LogP contribution >= 0.6 is 7.82 Å². The zero-order valence-corrected chi connectivity index (χ0v) is 33.5. The van der Waals surface area contributed by atoms with Crippen LogP contribution in [0.5, 0.6) is 0 Å². The number of hydrogen-bond donors (Lipinski definition) is 0. The van der Waals surface area contributed by atoms with Gasteiger partial charge in [0.05, 0.1) is 45.1 Å². The molecule has 1 fully saturated rings. The van der Waals surface area contributed by atoms with E-state index >= 15 is 0 Å². The predicted octanol–water partition coefficient (Wildman–Crippen LogP) is 9.62. The maximum Gasteiger partial charge on any atom is 0.477 e. The SMILES string of the molecule is CC(C)(C)C(=O)O[C@H]1[C@H](OP(=O)(OCc2ccccc2)OCc2ccccc2)O[C@H](COCc2ccccc2)[C@@H](OCc2ccccc2)[C@@H]1OCc1ccccc1. The molecule has 10 nitrogen and oxygen atoms in total. The minimum atomic E-state index is -4.48. The van der Waals surface area contributed by atoms with Crippen molar-refractivity contribution in [2.24, 2.45) is 5.41 Å². The lowest BCUT2D eigenvalue weighted by Gasteiger charge is -2.46. The van der Waals surface area contributed by atoms with Gasteiger partial charge in [0.2, 0.25) is 6.29 Å². The molecule has 1 heterocycles. The number of hydrogen-bond acceptors (Lipinski definition) is 10. The van der Waals surface area contributed by atoms with E-state index < -0.39 is 49.9 Å². The molecular weight excluding hydrogens is 743 g/mol. The smallest absolute Gasteiger partial charge is 0.454 e. The van der Waals surface area contributed by atoms with Crippen molar-refractivity contribution in [2.75, 3.05) is 6.61 Å². The van der Waals surface area contributed by atoms with Crippen LogP contribution in [0.4, 0.5) is 0 Å². The summed E-state index contributed by atoms with van der Waals surface area (Å²) in [6.07, 6.45) is -5.50. The third-order valence-corrected chi connectivity index (χ3v) is 10.5. The van der Waals surface area contributed by atoms with Gasteiger partial charge >= 0.3 is 13.8 Å². The van der Waals surface area contributed by atoms with Gasteiger partial charge in [-0.25, -0.2) is 4.57 Å². The molecule has 5 aromatic carbocycles. The van der Waals surface area contributed by atoms with Crippen molar-refractivity contribution in [3.8, 4) is 0 Å². The Bertz CT molecular complexity index is 1910. The molecule has 11 heteroatoms. The summed E-state index contributed by atoms with van der Waals surface area (Å²) in [6, 6.07) is 47.6. The Labute approximate surface area is 335 Å². The Balaban J connectivity index is 1.37. The Hall–Kier alpha value is -4.48. The summed E-state index contributed by atoms with van der Waals surface area (Å²) in [5, 5.41) is 0. The van der Waals surface area contributed by atoms with Crippen molar-refractivity contribution in [1.29, 1.82) is 0 Å². The number of esters is 1. The fourth-order valence-electron chi connectivity index (χ4n) is 6.00. The van der Waals surface area contributed by atoms with Crippen molar-refractivity contribution in [1.82, 2.24) is 0 Å². The van der Waals surface area contributed by atoms with Crippen molar-refractivity contribution >= 4 is 13.8 Å². The number of rotatable bonds is 19. The van der Waals surface area contributed by atoms with Crippen LogP contribution in [0.15, 0.2) is 152 Å². The first-order valence-corrected chi connectivity index (χ1v) is 20.6. The van der Waals surface area contributed by atoms with E-state index in [0.717, 1.165) is 27.8 Å². The molecule has 1 aliphatic heterocycles. The standard InChI is InChI=1S/C46H51O10P/c1-46(2,3)45(47)55-43-42(51-31-37-23-13-6-14-24-37)41(50-30-36-21-11-5-12-22-36)40(34-49-29-35-19-9-4-10-20-35)54-44(43)56-57(48,52-32-38-25-15-7-16-26-38)53-33-39-27-17-8-18-28-39/h4-28,40-44H,29-34H2,1-3H3/t40-,41-,42+,43-,44+/m1/s1. The lowest BCUT2D eigenvalue weighted by molar-refractivity contribution is -0.307. The third kappa shape index (κ3) is 13.0. The van der Waals surface area contributed by atoms with Gasteiger partial charge in [-0.3, -0.25) is 18.4 Å². The summed E-state index contributed by atoms with van der Waals surface area (Å²) in [4.78, 5) is 13.8. The van der Waals surface area contributed by atoms with Gasteiger partial charge < -0.3 is 23.7 Å². The largest absolute Gasteiger partial charge is 0.477 e. The van der Waals surface area contributed by atoms with Crippen LogP contribution < -0.4 is 0 Å². The van der Waals surface area contributed by atoms with E-state index in [9.17, 15) is 9.36 Å². The second-order valence-corrected chi connectivity index (χ2v) is 16.4. The first kappa shape index (κ1) is 42.1. The van der Waals surface area contributed by atoms with E-state index in [1.54, 1.807) is 20.8 Å². The molecule has 0 aromatic heterocycles. The van der Waals surface area contributed by atoms with Gasteiger partial charge in [0, 0.05) is 0 Å². The van der Waals surface area contributed by atoms with Crippen molar-refractivity contribution < 1.29 is 46.6 Å². The van der Waals surface area contributed by atoms with Gasteiger partial charge in [0.1, 0.15) is 18.3 Å². The molecule has 57 heavy (non-hydrogen) atoms. The van der Waals surface area contributed by atoms with E-state index in [1.165, 1.54) is 0 Å². The molecule has 0 spiro atoms. The Morgan fingerprint density at radius 1 is 0.544 bits per heavy atom. The van der Waals surface area contributed by atoms with Crippen LogP contribution in [0.25, 0.3) is 0 Å². The number of phosphoric acid groups is 1. The lowest BCUT2D eigenvalue weighted by Crippen LogP contribution is -2.62. The van der Waals surface area contributed by atoms with Gasteiger partial charge in [-0.1, -0.05) is 152 Å². The molecule has 0 bridgehead atoms. The second kappa shape index (κ2) is 20.8. The molecule has 5 atom stereocenters. The molecule has 300 valence electrons. The van der Waals surface area contributed by atoms with Gasteiger partial charge in [-0.15, -0.1) is 0 Å². The summed E-state index contributed by atoms with van der Waals surface area (Å²) < 4.78 is 65.8. The van der Waals surface area contributed by atoms with E-state index in [-0.39, 0.29) is 39.6 Å². The highest BCUT2D eigenvalue weighted by Gasteiger charge is 2.53. The first-order valence-electron chi connectivity index (χ1n) is 19.1. The Morgan fingerprint density at radius 2 is 0.930 bits per heavy atom. The molecule has 1 saturated heterocycles. The molecule has 0 unspecified atom stereocenters. The predicted molar refractivity (Wildman–Crippen MR) is 215 cm³/mol. The molecule has 1 aliphatic rings. The first-order chi connectivity index (χ1) is 27.6. The molecule has 0 amide bonds. The van der Waals surface area contributed by atoms with Gasteiger partial charge in [0.25, 0.3) is 0 Å². The maximum absolute atomic E-state index is 14.8. The van der Waals surface area contributed by atoms with Gasteiger partial charge in [0.15, 0.2) is 6.10 Å². The van der Waals surface area contributed by atoms with Crippen molar-refractivity contribution in [3.05, 3.63) is 179 Å². The highest BCUT2D eigenvalue weighted by Crippen LogP contribution is 2.54. The molecule has 0 aliphatic carbocycles. The zero-order chi connectivity index (χ0) is 39.9. The van der Waals surface area contributed by atoms with Crippen LogP contribution in [0, 0.1) is 5.41 Å². The molecule has 6 rings (SSSR count). The monoisotopic (exact) mass is 794 g/mol. The average molecular weight is 795 g/mol. The molecule has 0 N–H and O–H groups in total. The highest BCUT2D eigenvalue weighted by atomic mass is 31.2. The topological polar surface area (TPSA) is 108 Å². The molecule has 5 aromatic rings. The fraction of sp³-hybridized carbons (Fsp3) is 0.326. The van der Waals surface area contributed by atoms with E-state index in [0.29, 0.717) is 0 Å². The summed E-state index contributed by atoms with van der Waals surface area (Å²) in [5.74, 6) is -0.552. The van der Waals surface area contributed by atoms with Crippen LogP contribution in [0.2, 0.25) is 0 Å². The third-order valence-electron chi connectivity index (χ3n) is 9.11. The summed E-state index contributed by atoms with van der Waals surface area (Å²) >= 11 is 0. The van der Waals surface area contributed by atoms with Crippen molar-refractivity contribution in [2.45, 2.75) is 84.5 Å². The second-order valence-electron chi connectivity index (χ2n) is 14.8. The van der Waals surface area contributed by atoms with Gasteiger partial charge in [-0.2, -0.15) is 0 Å². The lowest BCUT2D eigenvalue weighted by atomic mass is 9.95. The van der Waals surface area contributed by atoms with E-state index in [4.69, 9.17) is 37.3 Å². The Kier molecular flexibility index (Phi) is 15.4. The average Bonchev–Trinajstić information content (AvgIpc) is 3.23. The summed E-state index contributed by atoms with van der Waals surface area (Å²) in [7, 11) is -4.48. The fourth-order valence-corrected chi connectivity index (χ4v) is 7.23. The van der Waals surface area contributed by atoms with Crippen LogP contribution in [-0.2, 0) is 79.6 Å². The van der Waals surface area contributed by atoms with Crippen LogP contribution in [0.3, 0.4) is 0 Å². The van der Waals surface area contributed by atoms with Gasteiger partial charge in [-0.05, 0) is 48.6 Å². The van der Waals surface area contributed by atoms with E-state index in [2.05, 4.69) is 0 Å². The van der Waals surface area contributed by atoms with Crippen LogP contribution in [0.1, 0.15) is 48.6 Å². The minimum absolute atomic E-state index is 0.0272. The summed E-state index contributed by atoms with van der Waals surface area (Å²) in [6.45, 7) is 5.70. The quantitative estimate of drug-likeness (QED) is 0.0593. The minimum Gasteiger partial charge on any atom is -0.454 e. The van der Waals surface area contributed by atoms with Crippen LogP contribution in [-0.4, -0.2) is 43.3 Å².